The van der Waals surface area contributed by atoms with Gasteiger partial charge in [0.2, 0.25) is 12.1 Å². The molecule has 0 bridgehead atoms. The number of fused-ring (bicyclic) bond motifs is 2. The monoisotopic (exact) mass is 518 g/mol. The molecule has 2 aliphatic rings. The van der Waals surface area contributed by atoms with Gasteiger partial charge in [-0.15, -0.1) is 0 Å². The number of phenols is 2. The van der Waals surface area contributed by atoms with E-state index < -0.39 is 90.1 Å². The van der Waals surface area contributed by atoms with Crippen molar-refractivity contribution in [1.29, 1.82) is 0 Å². The van der Waals surface area contributed by atoms with E-state index in [1.807, 2.05) is 0 Å². The summed E-state index contributed by atoms with van der Waals surface area (Å²) in [6, 6.07) is 5.23. The summed E-state index contributed by atoms with van der Waals surface area (Å²) in [4.78, 5) is 48.2. The molecular weight excluding hydrogens is 496 g/mol. The fraction of sp³-hybridized carbons (Fsp3) is 0.333. The molecule has 0 spiro atoms. The highest BCUT2D eigenvalue weighted by molar-refractivity contribution is 6.30. The van der Waals surface area contributed by atoms with Crippen LogP contribution in [0.3, 0.4) is 0 Å². The van der Waals surface area contributed by atoms with Gasteiger partial charge in [-0.1, -0.05) is 12.1 Å². The Morgan fingerprint density at radius 1 is 0.973 bits per heavy atom. The number of aryl methyl sites for hydroxylation is 1. The predicted molar refractivity (Wildman–Crippen MR) is 118 cm³/mol. The lowest BCUT2D eigenvalue weighted by Crippen LogP contribution is -2.60. The second kappa shape index (κ2) is 9.78. The summed E-state index contributed by atoms with van der Waals surface area (Å²) < 4.78 is 15.7. The summed E-state index contributed by atoms with van der Waals surface area (Å²) in [7, 11) is 0. The molecular formula is C24H22O13. The van der Waals surface area contributed by atoms with Gasteiger partial charge in [0, 0.05) is 11.1 Å². The average Bonchev–Trinajstić information content (AvgIpc) is 2.83. The second-order valence-corrected chi connectivity index (χ2v) is 8.54. The van der Waals surface area contributed by atoms with Gasteiger partial charge < -0.3 is 44.8 Å². The number of aliphatic hydroxyl groups excluding tert-OH is 3. The smallest absolute Gasteiger partial charge is 0.317 e. The summed E-state index contributed by atoms with van der Waals surface area (Å²) in [5.41, 5.74) is -0.810. The molecule has 13 nitrogen and oxygen atoms in total. The Kier molecular flexibility index (Phi) is 6.88. The highest BCUT2D eigenvalue weighted by Crippen LogP contribution is 2.43. The number of carbonyl (C=O) groups is 4. The zero-order valence-corrected chi connectivity index (χ0v) is 19.2. The first-order valence-corrected chi connectivity index (χ1v) is 10.9. The Bertz CT molecular complexity index is 1300. The summed E-state index contributed by atoms with van der Waals surface area (Å²) in [6.45, 7) is 0.728. The molecule has 1 saturated heterocycles. The van der Waals surface area contributed by atoms with Crippen molar-refractivity contribution in [2.75, 3.05) is 6.61 Å². The highest BCUT2D eigenvalue weighted by atomic mass is 16.7. The molecule has 0 aromatic heterocycles. The Morgan fingerprint density at radius 3 is 2.35 bits per heavy atom. The van der Waals surface area contributed by atoms with Gasteiger partial charge in [-0.05, 0) is 24.6 Å². The zero-order chi connectivity index (χ0) is 27.2. The van der Waals surface area contributed by atoms with Gasteiger partial charge in [-0.2, -0.15) is 0 Å². The van der Waals surface area contributed by atoms with Crippen molar-refractivity contribution in [3.8, 4) is 17.2 Å². The maximum Gasteiger partial charge on any atom is 0.317 e. The molecule has 13 heteroatoms. The number of ketones is 2. The van der Waals surface area contributed by atoms with Crippen molar-refractivity contribution in [3.05, 3.63) is 52.1 Å². The van der Waals surface area contributed by atoms with E-state index in [-0.39, 0.29) is 22.3 Å². The number of aliphatic carboxylic acids is 1. The van der Waals surface area contributed by atoms with Crippen molar-refractivity contribution < 1.29 is 64.0 Å². The van der Waals surface area contributed by atoms with E-state index in [4.69, 9.17) is 19.3 Å². The number of carbonyl (C=O) groups excluding carboxylic acids is 3. The van der Waals surface area contributed by atoms with Crippen LogP contribution in [-0.4, -0.2) is 91.5 Å². The number of esters is 1. The summed E-state index contributed by atoms with van der Waals surface area (Å²) in [6.07, 6.45) is -9.69. The Morgan fingerprint density at radius 2 is 1.68 bits per heavy atom. The molecule has 1 heterocycles. The number of aromatic hydroxyl groups is 2. The van der Waals surface area contributed by atoms with E-state index in [0.717, 1.165) is 0 Å². The molecule has 37 heavy (non-hydrogen) atoms. The first-order valence-electron chi connectivity index (χ1n) is 10.9. The van der Waals surface area contributed by atoms with Crippen LogP contribution in [0.15, 0.2) is 24.3 Å². The number of phenolic OH excluding ortho intramolecular Hbond substituents is 2. The topological polar surface area (TPSA) is 217 Å². The van der Waals surface area contributed by atoms with Crippen LogP contribution in [0.2, 0.25) is 0 Å². The number of carboxylic acids is 1. The molecule has 4 rings (SSSR count). The summed E-state index contributed by atoms with van der Waals surface area (Å²) in [5, 5.41) is 60.5. The van der Waals surface area contributed by atoms with Crippen LogP contribution >= 0.6 is 0 Å². The average molecular weight is 518 g/mol. The van der Waals surface area contributed by atoms with Crippen LogP contribution in [0.5, 0.6) is 17.2 Å². The van der Waals surface area contributed by atoms with Crippen molar-refractivity contribution in [2.24, 2.45) is 0 Å². The van der Waals surface area contributed by atoms with Crippen LogP contribution in [0.4, 0.5) is 0 Å². The van der Waals surface area contributed by atoms with Gasteiger partial charge in [0.15, 0.2) is 17.3 Å². The SMILES string of the molecule is Cc1cc2c(c(O)c1O[C@H]1O[C@@H](COC(=O)CC(=O)O)[C@H](O)[C@@H](O)[C@@H]1O)C(=O)c1c(O)cccc1C2=O. The molecule has 0 radical (unpaired) electrons. The summed E-state index contributed by atoms with van der Waals surface area (Å²) >= 11 is 0. The Labute approximate surface area is 208 Å². The third kappa shape index (κ3) is 4.60. The van der Waals surface area contributed by atoms with Crippen molar-refractivity contribution in [3.63, 3.8) is 0 Å². The second-order valence-electron chi connectivity index (χ2n) is 8.54. The maximum absolute atomic E-state index is 13.1. The molecule has 6 N–H and O–H groups in total. The van der Waals surface area contributed by atoms with Crippen LogP contribution in [0, 0.1) is 6.92 Å². The third-order valence-electron chi connectivity index (χ3n) is 6.03. The highest BCUT2D eigenvalue weighted by Gasteiger charge is 2.46. The molecule has 1 aliphatic carbocycles. The van der Waals surface area contributed by atoms with E-state index in [9.17, 15) is 44.7 Å². The number of hydrogen-bond donors (Lipinski definition) is 6. The minimum absolute atomic E-state index is 0.0478. The molecule has 0 unspecified atom stereocenters. The maximum atomic E-state index is 13.1. The van der Waals surface area contributed by atoms with E-state index in [1.54, 1.807) is 0 Å². The Balaban J connectivity index is 1.63. The van der Waals surface area contributed by atoms with E-state index in [2.05, 4.69) is 0 Å². The first kappa shape index (κ1) is 26.0. The lowest BCUT2D eigenvalue weighted by molar-refractivity contribution is -0.278. The fourth-order valence-electron chi connectivity index (χ4n) is 4.20. The van der Waals surface area contributed by atoms with E-state index >= 15 is 0 Å². The van der Waals surface area contributed by atoms with E-state index in [0.29, 0.717) is 0 Å². The summed E-state index contributed by atoms with van der Waals surface area (Å²) in [5.74, 6) is -5.72. The number of carboxylic acid groups (broad SMARTS) is 1. The number of aliphatic hydroxyl groups is 3. The van der Waals surface area contributed by atoms with Gasteiger partial charge >= 0.3 is 11.9 Å². The molecule has 2 aromatic carbocycles. The van der Waals surface area contributed by atoms with Gasteiger partial charge in [0.25, 0.3) is 0 Å². The number of benzene rings is 2. The molecule has 196 valence electrons. The van der Waals surface area contributed by atoms with Crippen molar-refractivity contribution in [2.45, 2.75) is 44.1 Å². The number of rotatable bonds is 6. The molecule has 0 saturated carbocycles. The normalized spacial score (nSPS) is 24.7. The lowest BCUT2D eigenvalue weighted by Gasteiger charge is -2.40. The van der Waals surface area contributed by atoms with Gasteiger partial charge in [-0.25, -0.2) is 0 Å². The Hall–Kier alpha value is -4.04. The molecule has 0 amide bonds. The zero-order valence-electron chi connectivity index (χ0n) is 19.2. The number of ether oxygens (including phenoxy) is 3. The standard InChI is InChI=1S/C24H22O13/c1-8-5-10-16(19(31)15-9(17(10)29)3-2-4-11(15)25)20(32)23(8)37-24-22(34)21(33)18(30)12(36-24)7-35-14(28)6-13(26)27/h2-5,12,18,21-22,24-25,30,32-34H,6-7H2,1H3,(H,26,27)/t12-,18-,21+,22-,24+/m0/s1. The molecule has 1 aliphatic heterocycles. The molecule has 1 fully saturated rings. The van der Waals surface area contributed by atoms with Crippen molar-refractivity contribution >= 4 is 23.5 Å². The van der Waals surface area contributed by atoms with Crippen molar-refractivity contribution in [1.82, 2.24) is 0 Å². The lowest BCUT2D eigenvalue weighted by atomic mass is 9.82. The number of hydrogen-bond acceptors (Lipinski definition) is 12. The van der Waals surface area contributed by atoms with Crippen LogP contribution in [-0.2, 0) is 19.1 Å². The molecule has 5 atom stereocenters. The third-order valence-corrected chi connectivity index (χ3v) is 6.03. The van der Waals surface area contributed by atoms with Gasteiger partial charge in [-0.3, -0.25) is 19.2 Å². The fourth-order valence-corrected chi connectivity index (χ4v) is 4.20. The van der Waals surface area contributed by atoms with Crippen LogP contribution in [0.25, 0.3) is 0 Å². The molecule has 2 aromatic rings. The predicted octanol–water partition coefficient (Wildman–Crippen LogP) is -0.614. The minimum Gasteiger partial charge on any atom is -0.507 e. The van der Waals surface area contributed by atoms with Crippen LogP contribution < -0.4 is 4.74 Å². The largest absolute Gasteiger partial charge is 0.507 e. The quantitative estimate of drug-likeness (QED) is 0.177. The van der Waals surface area contributed by atoms with E-state index in [1.165, 1.54) is 31.2 Å². The van der Waals surface area contributed by atoms with Gasteiger partial charge in [0.05, 0.1) is 11.1 Å². The van der Waals surface area contributed by atoms with Gasteiger partial charge in [0.1, 0.15) is 43.2 Å². The minimum atomic E-state index is -1.88. The first-order chi connectivity index (χ1) is 17.4. The van der Waals surface area contributed by atoms with Crippen LogP contribution in [0.1, 0.15) is 43.8 Å².